The molecule has 19 heavy (non-hydrogen) atoms. The smallest absolute Gasteiger partial charge is 0.328 e. The van der Waals surface area contributed by atoms with E-state index in [0.29, 0.717) is 0 Å². The molecule has 0 aliphatic carbocycles. The fourth-order valence-electron chi connectivity index (χ4n) is 2.27. The molecule has 1 aliphatic rings. The van der Waals surface area contributed by atoms with E-state index in [2.05, 4.69) is 4.74 Å². The minimum absolute atomic E-state index is 0.192. The second-order valence-corrected chi connectivity index (χ2v) is 6.74. The maximum absolute atomic E-state index is 12.5. The zero-order chi connectivity index (χ0) is 14.4. The molecule has 0 N–H and O–H groups in total. The number of hydrogen-bond acceptors (Lipinski definition) is 4. The van der Waals surface area contributed by atoms with Gasteiger partial charge >= 0.3 is 5.97 Å². The molecule has 0 bridgehead atoms. The Bertz CT molecular complexity index is 608. The predicted molar refractivity (Wildman–Crippen MR) is 70.1 cm³/mol. The van der Waals surface area contributed by atoms with Crippen molar-refractivity contribution < 1.29 is 17.9 Å². The Balaban J connectivity index is 2.38. The Labute approximate surface area is 113 Å². The minimum atomic E-state index is -3.66. The van der Waals surface area contributed by atoms with Gasteiger partial charge < -0.3 is 4.74 Å². The highest BCUT2D eigenvalue weighted by molar-refractivity contribution is 7.89. The summed E-state index contributed by atoms with van der Waals surface area (Å²) < 4.78 is 30.8. The van der Waals surface area contributed by atoms with E-state index in [0.717, 1.165) is 5.56 Å². The highest BCUT2D eigenvalue weighted by atomic mass is 32.2. The van der Waals surface area contributed by atoms with Crippen molar-refractivity contribution in [3.05, 3.63) is 29.8 Å². The van der Waals surface area contributed by atoms with Crippen LogP contribution in [-0.2, 0) is 19.6 Å². The Morgan fingerprint density at radius 2 is 1.84 bits per heavy atom. The van der Waals surface area contributed by atoms with Crippen LogP contribution in [0.25, 0.3) is 0 Å². The summed E-state index contributed by atoms with van der Waals surface area (Å²) >= 11 is 0. The molecule has 6 heteroatoms. The van der Waals surface area contributed by atoms with Crippen LogP contribution in [0.5, 0.6) is 0 Å². The van der Waals surface area contributed by atoms with Crippen LogP contribution in [0, 0.1) is 6.92 Å². The maximum Gasteiger partial charge on any atom is 0.328 e. The minimum Gasteiger partial charge on any atom is -0.468 e. The number of hydrogen-bond donors (Lipinski definition) is 0. The van der Waals surface area contributed by atoms with Gasteiger partial charge in [-0.2, -0.15) is 4.31 Å². The Hall–Kier alpha value is -1.40. The van der Waals surface area contributed by atoms with Crippen LogP contribution in [-0.4, -0.2) is 37.4 Å². The van der Waals surface area contributed by atoms with E-state index in [1.807, 2.05) is 6.92 Å². The van der Waals surface area contributed by atoms with E-state index >= 15 is 0 Å². The number of sulfonamides is 1. The molecule has 1 fully saturated rings. The summed E-state index contributed by atoms with van der Waals surface area (Å²) in [5, 5.41) is 0. The fraction of sp³-hybridized carbons (Fsp3) is 0.462. The lowest BCUT2D eigenvalue weighted by atomic mass is 10.1. The van der Waals surface area contributed by atoms with Crippen molar-refractivity contribution in [2.24, 2.45) is 0 Å². The number of methoxy groups -OCH3 is 1. The van der Waals surface area contributed by atoms with Crippen molar-refractivity contribution in [2.45, 2.75) is 37.2 Å². The van der Waals surface area contributed by atoms with Crippen LogP contribution in [0.2, 0.25) is 0 Å². The number of carbonyl (C=O) groups excluding carboxylic acids is 1. The molecule has 0 aromatic heterocycles. The van der Waals surface area contributed by atoms with Gasteiger partial charge in [0, 0.05) is 0 Å². The average molecular weight is 283 g/mol. The second-order valence-electron chi connectivity index (χ2n) is 4.93. The molecule has 0 radical (unpaired) electrons. The molecule has 3 atom stereocenters. The van der Waals surface area contributed by atoms with Crippen molar-refractivity contribution in [1.82, 2.24) is 4.31 Å². The van der Waals surface area contributed by atoms with Gasteiger partial charge in [0.15, 0.2) is 0 Å². The Morgan fingerprint density at radius 1 is 1.32 bits per heavy atom. The normalized spacial score (nSPS) is 29.9. The summed E-state index contributed by atoms with van der Waals surface area (Å²) in [7, 11) is -2.40. The van der Waals surface area contributed by atoms with Crippen molar-refractivity contribution in [2.75, 3.05) is 7.11 Å². The van der Waals surface area contributed by atoms with E-state index in [-0.39, 0.29) is 4.90 Å². The van der Waals surface area contributed by atoms with Crippen LogP contribution in [0.4, 0.5) is 0 Å². The number of aryl methyl sites for hydroxylation is 1. The monoisotopic (exact) mass is 283 g/mol. The highest BCUT2D eigenvalue weighted by Gasteiger charge is 2.68. The van der Waals surface area contributed by atoms with Crippen molar-refractivity contribution in [3.8, 4) is 0 Å². The number of benzene rings is 1. The van der Waals surface area contributed by atoms with Gasteiger partial charge in [-0.15, -0.1) is 0 Å². The van der Waals surface area contributed by atoms with Crippen molar-refractivity contribution >= 4 is 16.0 Å². The Morgan fingerprint density at radius 3 is 2.32 bits per heavy atom. The molecular weight excluding hydrogens is 266 g/mol. The van der Waals surface area contributed by atoms with Gasteiger partial charge in [0.05, 0.1) is 18.0 Å². The molecule has 1 saturated heterocycles. The molecule has 1 aromatic carbocycles. The van der Waals surface area contributed by atoms with Crippen LogP contribution in [0.1, 0.15) is 19.4 Å². The molecule has 1 unspecified atom stereocenters. The third-order valence-electron chi connectivity index (χ3n) is 3.73. The topological polar surface area (TPSA) is 63.5 Å². The van der Waals surface area contributed by atoms with Gasteiger partial charge in [0.2, 0.25) is 10.0 Å². The summed E-state index contributed by atoms with van der Waals surface area (Å²) in [5.41, 5.74) is -0.119. The van der Waals surface area contributed by atoms with Gasteiger partial charge in [0.1, 0.15) is 5.54 Å². The molecule has 0 saturated carbocycles. The summed E-state index contributed by atoms with van der Waals surface area (Å²) in [6.45, 7) is 5.16. The van der Waals surface area contributed by atoms with E-state index in [1.54, 1.807) is 38.1 Å². The fourth-order valence-corrected chi connectivity index (χ4v) is 4.28. The van der Waals surface area contributed by atoms with Crippen LogP contribution >= 0.6 is 0 Å². The van der Waals surface area contributed by atoms with Gasteiger partial charge in [-0.25, -0.2) is 13.2 Å². The zero-order valence-corrected chi connectivity index (χ0v) is 12.2. The number of esters is 1. The lowest BCUT2D eigenvalue weighted by molar-refractivity contribution is -0.143. The SMILES string of the molecule is COC(=O)[C@@]1(C)[C@H](C)N1S(=O)(=O)c1ccc(C)cc1. The third kappa shape index (κ3) is 1.95. The van der Waals surface area contributed by atoms with Gasteiger partial charge in [-0.3, -0.25) is 0 Å². The van der Waals surface area contributed by atoms with E-state index < -0.39 is 27.6 Å². The van der Waals surface area contributed by atoms with E-state index in [9.17, 15) is 13.2 Å². The maximum atomic E-state index is 12.5. The molecule has 1 aromatic rings. The molecular formula is C13H17NO4S. The molecule has 0 amide bonds. The molecule has 5 nitrogen and oxygen atoms in total. The molecule has 104 valence electrons. The summed E-state index contributed by atoms with van der Waals surface area (Å²) in [6, 6.07) is 6.17. The second kappa shape index (κ2) is 4.31. The van der Waals surface area contributed by atoms with E-state index in [1.165, 1.54) is 11.4 Å². The van der Waals surface area contributed by atoms with Gasteiger partial charge in [0.25, 0.3) is 0 Å². The van der Waals surface area contributed by atoms with Crippen molar-refractivity contribution in [1.29, 1.82) is 0 Å². The van der Waals surface area contributed by atoms with Crippen LogP contribution < -0.4 is 0 Å². The highest BCUT2D eigenvalue weighted by Crippen LogP contribution is 2.46. The lowest BCUT2D eigenvalue weighted by Gasteiger charge is -2.11. The van der Waals surface area contributed by atoms with Crippen molar-refractivity contribution in [3.63, 3.8) is 0 Å². The summed E-state index contributed by atoms with van der Waals surface area (Å²) in [6.07, 6.45) is 0. The van der Waals surface area contributed by atoms with Crippen LogP contribution in [0.15, 0.2) is 29.2 Å². The first-order valence-electron chi connectivity index (χ1n) is 5.96. The number of nitrogens with zero attached hydrogens (tertiary/aromatic N) is 1. The average Bonchev–Trinajstić information content (AvgIpc) is 2.93. The summed E-state index contributed by atoms with van der Waals surface area (Å²) in [5.74, 6) is -0.532. The van der Waals surface area contributed by atoms with Crippen LogP contribution in [0.3, 0.4) is 0 Å². The molecule has 1 heterocycles. The quantitative estimate of drug-likeness (QED) is 0.620. The van der Waals surface area contributed by atoms with E-state index in [4.69, 9.17) is 0 Å². The first kappa shape index (κ1) is 14.0. The summed E-state index contributed by atoms with van der Waals surface area (Å²) in [4.78, 5) is 11.9. The first-order chi connectivity index (χ1) is 8.76. The molecule has 1 aliphatic heterocycles. The van der Waals surface area contributed by atoms with Gasteiger partial charge in [-0.1, -0.05) is 17.7 Å². The third-order valence-corrected chi connectivity index (χ3v) is 5.81. The Kier molecular flexibility index (Phi) is 3.18. The number of rotatable bonds is 3. The first-order valence-corrected chi connectivity index (χ1v) is 7.40. The standard InChI is InChI=1S/C13H17NO4S/c1-9-5-7-11(8-6-9)19(16,17)14-10(2)13(14,3)12(15)18-4/h5-8,10H,1-4H3/t10-,13+,14?/m0/s1. The largest absolute Gasteiger partial charge is 0.468 e. The van der Waals surface area contributed by atoms with Gasteiger partial charge in [-0.05, 0) is 32.9 Å². The predicted octanol–water partition coefficient (Wildman–Crippen LogP) is 1.32. The number of ether oxygens (including phenoxy) is 1. The lowest BCUT2D eigenvalue weighted by Crippen LogP contribution is -2.30. The molecule has 0 spiro atoms. The zero-order valence-electron chi connectivity index (χ0n) is 11.4. The number of carbonyl (C=O) groups is 1. The molecule has 2 rings (SSSR count).